The van der Waals surface area contributed by atoms with E-state index in [1.165, 1.54) is 0 Å². The summed E-state index contributed by atoms with van der Waals surface area (Å²) < 4.78 is 12.5. The van der Waals surface area contributed by atoms with Gasteiger partial charge in [0.25, 0.3) is 5.56 Å². The van der Waals surface area contributed by atoms with Crippen LogP contribution in [0.5, 0.6) is 11.5 Å². The molecule has 0 aliphatic heterocycles. The molecule has 0 saturated carbocycles. The van der Waals surface area contributed by atoms with E-state index in [2.05, 4.69) is 44.5 Å². The zero-order valence-electron chi connectivity index (χ0n) is 22.4. The van der Waals surface area contributed by atoms with Crippen molar-refractivity contribution in [1.82, 2.24) is 30.1 Å². The Kier molecular flexibility index (Phi) is 7.98. The molecule has 0 fully saturated rings. The van der Waals surface area contributed by atoms with E-state index in [1.807, 2.05) is 71.4 Å². The minimum Gasteiger partial charge on any atom is -0.497 e. The third-order valence-electron chi connectivity index (χ3n) is 6.91. The predicted molar refractivity (Wildman–Crippen MR) is 150 cm³/mol. The average molecular weight is 525 g/mol. The molecule has 3 aromatic carbocycles. The Bertz CT molecular complexity index is 1580. The third kappa shape index (κ3) is 5.99. The smallest absolute Gasteiger partial charge is 0.252 e. The van der Waals surface area contributed by atoms with Crippen molar-refractivity contribution < 1.29 is 9.47 Å². The molecule has 1 N–H and O–H groups in total. The quantitative estimate of drug-likeness (QED) is 0.267. The van der Waals surface area contributed by atoms with Crippen molar-refractivity contribution in [1.29, 1.82) is 0 Å². The van der Waals surface area contributed by atoms with Gasteiger partial charge >= 0.3 is 0 Å². The van der Waals surface area contributed by atoms with Crippen LogP contribution < -0.4 is 15.0 Å². The van der Waals surface area contributed by atoms with Crippen LogP contribution in [0.3, 0.4) is 0 Å². The van der Waals surface area contributed by atoms with E-state index in [1.54, 1.807) is 14.2 Å². The second kappa shape index (κ2) is 11.9. The molecule has 0 bridgehead atoms. The molecule has 0 spiro atoms. The molecule has 0 radical (unpaired) electrons. The normalized spacial score (nSPS) is 12.1. The molecule has 2 heterocycles. The second-order valence-corrected chi connectivity index (χ2v) is 9.43. The van der Waals surface area contributed by atoms with Crippen molar-refractivity contribution in [2.24, 2.45) is 0 Å². The number of ether oxygens (including phenoxy) is 2. The summed E-state index contributed by atoms with van der Waals surface area (Å²) in [5.41, 5.74) is 3.49. The maximum Gasteiger partial charge on any atom is 0.252 e. The molecule has 0 aliphatic carbocycles. The summed E-state index contributed by atoms with van der Waals surface area (Å²) in [5.74, 6) is 2.26. The highest BCUT2D eigenvalue weighted by atomic mass is 16.5. The van der Waals surface area contributed by atoms with Gasteiger partial charge in [0.2, 0.25) is 0 Å². The van der Waals surface area contributed by atoms with Gasteiger partial charge in [-0.3, -0.25) is 9.69 Å². The third-order valence-corrected chi connectivity index (χ3v) is 6.91. The van der Waals surface area contributed by atoms with Crippen molar-refractivity contribution in [2.75, 3.05) is 14.2 Å². The molecule has 5 rings (SSSR count). The number of nitrogens with one attached hydrogen (secondary N) is 1. The van der Waals surface area contributed by atoms with Gasteiger partial charge in [-0.05, 0) is 63.7 Å². The zero-order chi connectivity index (χ0) is 27.2. The number of methoxy groups -OCH3 is 2. The Balaban J connectivity index is 1.51. The van der Waals surface area contributed by atoms with E-state index in [9.17, 15) is 4.79 Å². The SMILES string of the molecule is CC[C@@H](c1nnnn1Cc1ccccc1)N(Cc1ccc(OC)cc1)Cc1cc2ccc(OC)cc2[nH]c1=O. The van der Waals surface area contributed by atoms with Gasteiger partial charge in [0.05, 0.1) is 32.3 Å². The largest absolute Gasteiger partial charge is 0.497 e. The highest BCUT2D eigenvalue weighted by molar-refractivity contribution is 5.80. The lowest BCUT2D eigenvalue weighted by molar-refractivity contribution is 0.161. The molecule has 2 aromatic heterocycles. The Morgan fingerprint density at radius 3 is 2.36 bits per heavy atom. The number of pyridine rings is 1. The summed E-state index contributed by atoms with van der Waals surface area (Å²) in [6.45, 7) is 3.69. The van der Waals surface area contributed by atoms with Crippen molar-refractivity contribution in [3.63, 3.8) is 0 Å². The molecule has 39 heavy (non-hydrogen) atoms. The van der Waals surface area contributed by atoms with Crippen LogP contribution in [0.1, 0.15) is 41.9 Å². The fourth-order valence-corrected chi connectivity index (χ4v) is 4.85. The van der Waals surface area contributed by atoms with Gasteiger partial charge in [-0.15, -0.1) is 5.10 Å². The first-order valence-corrected chi connectivity index (χ1v) is 12.9. The molecule has 0 unspecified atom stereocenters. The van der Waals surface area contributed by atoms with Crippen LogP contribution in [-0.2, 0) is 19.6 Å². The van der Waals surface area contributed by atoms with E-state index < -0.39 is 0 Å². The Morgan fingerprint density at radius 2 is 1.64 bits per heavy atom. The lowest BCUT2D eigenvalue weighted by atomic mass is 10.1. The number of hydrogen-bond acceptors (Lipinski definition) is 7. The van der Waals surface area contributed by atoms with Crippen LogP contribution in [0.2, 0.25) is 0 Å². The topological polar surface area (TPSA) is 98.2 Å². The minimum atomic E-state index is -0.130. The highest BCUT2D eigenvalue weighted by Gasteiger charge is 2.26. The summed E-state index contributed by atoms with van der Waals surface area (Å²) in [6.07, 6.45) is 0.758. The minimum absolute atomic E-state index is 0.128. The van der Waals surface area contributed by atoms with Crippen LogP contribution in [0.25, 0.3) is 10.9 Å². The molecule has 9 nitrogen and oxygen atoms in total. The standard InChI is InChI=1S/C30H32N6O3/c1-4-28(29-32-33-34-36(29)19-21-8-6-5-7-9-21)35(18-22-10-13-25(38-2)14-11-22)20-24-16-23-12-15-26(39-3)17-27(23)31-30(24)37/h5-17,28H,4,18-20H2,1-3H3,(H,31,37)/t28-/m0/s1. The van der Waals surface area contributed by atoms with Crippen LogP contribution in [0.15, 0.2) is 83.7 Å². The van der Waals surface area contributed by atoms with Crippen LogP contribution >= 0.6 is 0 Å². The fraction of sp³-hybridized carbons (Fsp3) is 0.267. The maximum atomic E-state index is 13.2. The Hall–Kier alpha value is -4.50. The number of tetrazole rings is 1. The number of aromatic nitrogens is 5. The first-order chi connectivity index (χ1) is 19.1. The monoisotopic (exact) mass is 524 g/mol. The average Bonchev–Trinajstić information content (AvgIpc) is 3.42. The molecule has 200 valence electrons. The van der Waals surface area contributed by atoms with Gasteiger partial charge in [-0.2, -0.15) is 0 Å². The summed E-state index contributed by atoms with van der Waals surface area (Å²) in [5, 5.41) is 13.7. The number of benzene rings is 3. The van der Waals surface area contributed by atoms with Crippen LogP contribution in [-0.4, -0.2) is 44.3 Å². The molecular weight excluding hydrogens is 492 g/mol. The number of hydrogen-bond donors (Lipinski definition) is 1. The molecule has 1 atom stereocenters. The maximum absolute atomic E-state index is 13.2. The van der Waals surface area contributed by atoms with E-state index in [-0.39, 0.29) is 11.6 Å². The number of nitrogens with zero attached hydrogens (tertiary/aromatic N) is 5. The number of fused-ring (bicyclic) bond motifs is 1. The van der Waals surface area contributed by atoms with Crippen LogP contribution in [0.4, 0.5) is 0 Å². The summed E-state index contributed by atoms with van der Waals surface area (Å²) in [6, 6.07) is 25.6. The van der Waals surface area contributed by atoms with Crippen molar-refractivity contribution >= 4 is 10.9 Å². The van der Waals surface area contributed by atoms with Crippen LogP contribution in [0, 0.1) is 0 Å². The van der Waals surface area contributed by atoms with E-state index >= 15 is 0 Å². The number of rotatable bonds is 11. The van der Waals surface area contributed by atoms with E-state index in [0.29, 0.717) is 30.9 Å². The second-order valence-electron chi connectivity index (χ2n) is 9.43. The predicted octanol–water partition coefficient (Wildman–Crippen LogP) is 4.73. The van der Waals surface area contributed by atoms with Crippen molar-refractivity contribution in [2.45, 2.75) is 39.0 Å². The van der Waals surface area contributed by atoms with Gasteiger partial charge in [0.15, 0.2) is 5.82 Å². The Morgan fingerprint density at radius 1 is 0.897 bits per heavy atom. The number of H-pyrrole nitrogens is 1. The van der Waals surface area contributed by atoms with Crippen molar-refractivity contribution in [3.05, 3.63) is 112 Å². The Labute approximate surface area is 227 Å². The van der Waals surface area contributed by atoms with Crippen molar-refractivity contribution in [3.8, 4) is 11.5 Å². The van der Waals surface area contributed by atoms with Gasteiger partial charge in [0.1, 0.15) is 11.5 Å². The molecule has 5 aromatic rings. The zero-order valence-corrected chi connectivity index (χ0v) is 22.4. The van der Waals surface area contributed by atoms with Gasteiger partial charge in [-0.25, -0.2) is 4.68 Å². The van der Waals surface area contributed by atoms with Gasteiger partial charge in [0, 0.05) is 24.7 Å². The summed E-state index contributed by atoms with van der Waals surface area (Å²) in [7, 11) is 3.27. The highest BCUT2D eigenvalue weighted by Crippen LogP contribution is 2.28. The number of aromatic amines is 1. The summed E-state index contributed by atoms with van der Waals surface area (Å²) in [4.78, 5) is 18.5. The summed E-state index contributed by atoms with van der Waals surface area (Å²) >= 11 is 0. The van der Waals surface area contributed by atoms with Gasteiger partial charge < -0.3 is 14.5 Å². The van der Waals surface area contributed by atoms with E-state index in [4.69, 9.17) is 9.47 Å². The van der Waals surface area contributed by atoms with E-state index in [0.717, 1.165) is 40.0 Å². The molecule has 9 heteroatoms. The molecular formula is C30H32N6O3. The van der Waals surface area contributed by atoms with Gasteiger partial charge in [-0.1, -0.05) is 49.4 Å². The first-order valence-electron chi connectivity index (χ1n) is 12.9. The molecule has 0 aliphatic rings. The lowest BCUT2D eigenvalue weighted by Gasteiger charge is -2.30. The fourth-order valence-electron chi connectivity index (χ4n) is 4.85. The lowest BCUT2D eigenvalue weighted by Crippen LogP contribution is -2.32. The molecule has 0 saturated heterocycles. The molecule has 0 amide bonds. The first kappa shape index (κ1) is 26.1.